The fourth-order valence-corrected chi connectivity index (χ4v) is 6.80. The van der Waals surface area contributed by atoms with Crippen molar-refractivity contribution in [3.05, 3.63) is 80.6 Å². The van der Waals surface area contributed by atoms with E-state index in [1.807, 2.05) is 65.0 Å². The minimum atomic E-state index is -3.09. The number of rotatable bonds is 11. The summed E-state index contributed by atoms with van der Waals surface area (Å²) in [5, 5.41) is 0.766. The Balaban J connectivity index is 0.000000299. The molecule has 6 nitrogen and oxygen atoms in total. The molecule has 212 valence electrons. The van der Waals surface area contributed by atoms with Gasteiger partial charge < -0.3 is 22.6 Å². The fraction of sp³-hybridized carbons (Fsp3) is 0.448. The van der Waals surface area contributed by atoms with Crippen LogP contribution >= 0.6 is 32.1 Å². The summed E-state index contributed by atoms with van der Waals surface area (Å²) >= 11 is 3.48. The smallest absolute Gasteiger partial charge is 0.313 e. The monoisotopic (exact) mass is 628 g/mol. The van der Waals surface area contributed by atoms with Crippen molar-refractivity contribution in [3.63, 3.8) is 0 Å². The molecular formula is C29H43BrO6P2. The first kappa shape index (κ1) is 34.9. The Hall–Kier alpha value is -1.14. The van der Waals surface area contributed by atoms with E-state index in [1.165, 1.54) is 21.2 Å². The lowest BCUT2D eigenvalue weighted by molar-refractivity contribution is 0.176. The summed E-state index contributed by atoms with van der Waals surface area (Å²) in [6, 6.07) is 16.5. The molecule has 0 unspecified atom stereocenters. The first-order valence-corrected chi connectivity index (χ1v) is 16.1. The Kier molecular flexibility index (Phi) is 17.5. The molecular weight excluding hydrogens is 586 g/mol. The predicted molar refractivity (Wildman–Crippen MR) is 165 cm³/mol. The lowest BCUT2D eigenvalue weighted by Crippen LogP contribution is -1.98. The van der Waals surface area contributed by atoms with Gasteiger partial charge in [0.15, 0.2) is 0 Å². The molecule has 0 saturated heterocycles. The first-order chi connectivity index (χ1) is 17.9. The average molecular weight is 630 g/mol. The molecule has 0 aromatic heterocycles. The van der Waals surface area contributed by atoms with Crippen LogP contribution in [0.15, 0.2) is 58.3 Å². The van der Waals surface area contributed by atoms with E-state index in [-0.39, 0.29) is 7.43 Å². The summed E-state index contributed by atoms with van der Waals surface area (Å²) in [5.74, 6) is 0. The van der Waals surface area contributed by atoms with E-state index in [4.69, 9.17) is 22.6 Å². The molecule has 0 saturated carbocycles. The summed E-state index contributed by atoms with van der Waals surface area (Å²) in [4.78, 5) is 0. The van der Waals surface area contributed by atoms with Crippen molar-refractivity contribution in [1.29, 1.82) is 0 Å². The quantitative estimate of drug-likeness (QED) is 0.231. The number of allylic oxidation sites excluding steroid dienone is 2. The van der Waals surface area contributed by atoms with Gasteiger partial charge in [-0.15, -0.1) is 0 Å². The third-order valence-corrected chi connectivity index (χ3v) is 9.23. The molecule has 0 fully saturated rings. The van der Waals surface area contributed by atoms with Crippen LogP contribution in [0.5, 0.6) is 0 Å². The molecule has 0 atom stereocenters. The van der Waals surface area contributed by atoms with Crippen molar-refractivity contribution in [2.75, 3.05) is 33.0 Å². The summed E-state index contributed by atoms with van der Waals surface area (Å²) < 4.78 is 40.0. The maximum atomic E-state index is 12.6. The second-order valence-corrected chi connectivity index (χ2v) is 12.1. The van der Waals surface area contributed by atoms with Gasteiger partial charge >= 0.3 is 16.2 Å². The molecule has 0 amide bonds. The third kappa shape index (κ3) is 11.2. The zero-order valence-electron chi connectivity index (χ0n) is 22.4. The molecule has 0 aliphatic heterocycles. The van der Waals surface area contributed by atoms with Gasteiger partial charge in [-0.3, -0.25) is 4.57 Å². The largest absolute Gasteiger partial charge is 0.357 e. The Morgan fingerprint density at radius 1 is 0.711 bits per heavy atom. The van der Waals surface area contributed by atoms with Gasteiger partial charge in [0.25, 0.3) is 0 Å². The highest BCUT2D eigenvalue weighted by atomic mass is 79.9. The molecule has 0 N–H and O–H groups in total. The van der Waals surface area contributed by atoms with Crippen LogP contribution in [0.1, 0.15) is 64.3 Å². The molecule has 2 aromatic rings. The van der Waals surface area contributed by atoms with Crippen LogP contribution in [0.2, 0.25) is 0 Å². The zero-order chi connectivity index (χ0) is 27.1. The van der Waals surface area contributed by atoms with Gasteiger partial charge in [0, 0.05) is 22.6 Å². The highest BCUT2D eigenvalue weighted by molar-refractivity contribution is 9.11. The third-order valence-electron chi connectivity index (χ3n) is 5.13. The molecule has 9 heteroatoms. The van der Waals surface area contributed by atoms with E-state index >= 15 is 0 Å². The van der Waals surface area contributed by atoms with Crippen LogP contribution in [-0.2, 0) is 40.0 Å². The van der Waals surface area contributed by atoms with Crippen LogP contribution in [0.3, 0.4) is 0 Å². The highest BCUT2D eigenvalue weighted by Crippen LogP contribution is 2.59. The summed E-state index contributed by atoms with van der Waals surface area (Å²) in [6.07, 6.45) is 5.83. The number of halogens is 1. The summed E-state index contributed by atoms with van der Waals surface area (Å²) in [6.45, 7) is 12.1. The average Bonchev–Trinajstić information content (AvgIpc) is 3.49. The number of hydrogen-bond donors (Lipinski definition) is 0. The van der Waals surface area contributed by atoms with Gasteiger partial charge in [0.05, 0.1) is 33.0 Å². The SMILES string of the molecule is BrC1=Cc2ccccc2C1.C.CCOP(=O)(OCC)C1=Cc2ccccc2C1.CCOP(OCC)OCC. The van der Waals surface area contributed by atoms with Crippen molar-refractivity contribution >= 4 is 44.3 Å². The van der Waals surface area contributed by atoms with E-state index in [0.717, 1.165) is 17.3 Å². The van der Waals surface area contributed by atoms with E-state index < -0.39 is 16.2 Å². The van der Waals surface area contributed by atoms with Crippen LogP contribution in [0.4, 0.5) is 0 Å². The van der Waals surface area contributed by atoms with Crippen LogP contribution in [-0.4, -0.2) is 33.0 Å². The summed E-state index contributed by atoms with van der Waals surface area (Å²) in [7, 11) is -4.15. The van der Waals surface area contributed by atoms with E-state index in [2.05, 4.69) is 46.3 Å². The van der Waals surface area contributed by atoms with Crippen molar-refractivity contribution in [1.82, 2.24) is 0 Å². The Labute approximate surface area is 239 Å². The highest BCUT2D eigenvalue weighted by Gasteiger charge is 2.32. The van der Waals surface area contributed by atoms with Crippen molar-refractivity contribution in [3.8, 4) is 0 Å². The molecule has 4 rings (SSSR count). The van der Waals surface area contributed by atoms with Gasteiger partial charge in [-0.1, -0.05) is 71.9 Å². The zero-order valence-corrected chi connectivity index (χ0v) is 25.8. The van der Waals surface area contributed by atoms with Crippen LogP contribution in [0.25, 0.3) is 12.2 Å². The molecule has 2 aromatic carbocycles. The normalized spacial score (nSPS) is 13.2. The molecule has 0 bridgehead atoms. The standard InChI is InChI=1S/C13H17O3P.C9H7Br.C6H15O3P.CH4/c1-3-15-17(14,16-4-2)13-9-11-7-5-6-8-12(11)10-13;10-9-5-7-3-1-2-4-8(7)6-9;1-4-7-10(8-5-2)9-6-3;/h5-9H,3-4,10H2,1-2H3;1-5H,6H2;4-6H2,1-3H3;1H4. The number of fused-ring (bicyclic) bond motifs is 2. The summed E-state index contributed by atoms with van der Waals surface area (Å²) in [5.41, 5.74) is 5.08. The molecule has 0 spiro atoms. The maximum absolute atomic E-state index is 12.6. The maximum Gasteiger partial charge on any atom is 0.357 e. The first-order valence-electron chi connectivity index (χ1n) is 12.7. The van der Waals surface area contributed by atoms with Gasteiger partial charge in [-0.2, -0.15) is 0 Å². The Morgan fingerprint density at radius 3 is 1.58 bits per heavy atom. The molecule has 0 radical (unpaired) electrons. The van der Waals surface area contributed by atoms with Crippen LogP contribution < -0.4 is 0 Å². The van der Waals surface area contributed by atoms with Crippen LogP contribution in [0, 0.1) is 0 Å². The lowest BCUT2D eigenvalue weighted by Gasteiger charge is -2.17. The Morgan fingerprint density at radius 2 is 1.16 bits per heavy atom. The minimum Gasteiger partial charge on any atom is -0.313 e. The molecule has 38 heavy (non-hydrogen) atoms. The predicted octanol–water partition coefficient (Wildman–Crippen LogP) is 9.79. The lowest BCUT2D eigenvalue weighted by atomic mass is 10.1. The molecule has 2 aliphatic rings. The number of benzene rings is 2. The minimum absolute atomic E-state index is 0. The molecule has 0 heterocycles. The van der Waals surface area contributed by atoms with Gasteiger partial charge in [-0.05, 0) is 69.0 Å². The van der Waals surface area contributed by atoms with Crippen molar-refractivity contribution in [2.45, 2.75) is 54.9 Å². The van der Waals surface area contributed by atoms with Gasteiger partial charge in [-0.25, -0.2) is 0 Å². The Bertz CT molecular complexity index is 1050. The van der Waals surface area contributed by atoms with E-state index in [0.29, 0.717) is 39.5 Å². The van der Waals surface area contributed by atoms with Gasteiger partial charge in [0.2, 0.25) is 0 Å². The van der Waals surface area contributed by atoms with E-state index in [9.17, 15) is 4.57 Å². The number of hydrogen-bond acceptors (Lipinski definition) is 6. The van der Waals surface area contributed by atoms with Crippen molar-refractivity contribution in [2.24, 2.45) is 0 Å². The second-order valence-electron chi connectivity index (χ2n) is 7.79. The topological polar surface area (TPSA) is 63.2 Å². The molecule has 2 aliphatic carbocycles. The fourth-order valence-electron chi connectivity index (χ4n) is 3.65. The van der Waals surface area contributed by atoms with Crippen molar-refractivity contribution < 1.29 is 27.2 Å². The van der Waals surface area contributed by atoms with Gasteiger partial charge in [0.1, 0.15) is 0 Å². The second kappa shape index (κ2) is 19.0. The van der Waals surface area contributed by atoms with E-state index in [1.54, 1.807) is 0 Å².